The maximum absolute atomic E-state index is 6.02. The average molecular weight is 249 g/mol. The van der Waals surface area contributed by atoms with E-state index in [1.807, 2.05) is 36.5 Å². The highest BCUT2D eigenvalue weighted by atomic mass is 16.4. The lowest BCUT2D eigenvalue weighted by Gasteiger charge is -1.88. The van der Waals surface area contributed by atoms with Gasteiger partial charge in [0.15, 0.2) is 6.54 Å². The number of benzene rings is 1. The molecule has 0 aliphatic carbocycles. The minimum Gasteiger partial charge on any atom is -0.401 e. The minimum atomic E-state index is 0.778. The summed E-state index contributed by atoms with van der Waals surface area (Å²) in [5.74, 6) is 0.836. The normalized spacial score (nSPS) is 13.1. The first kappa shape index (κ1) is 9.33. The summed E-state index contributed by atoms with van der Waals surface area (Å²) in [4.78, 5) is 4.17. The molecule has 4 nitrogen and oxygen atoms in total. The second-order valence-corrected chi connectivity index (χ2v) is 4.76. The molecule has 0 N–H and O–H groups in total. The Kier molecular flexibility index (Phi) is 1.49. The van der Waals surface area contributed by atoms with E-state index in [0.29, 0.717) is 0 Å². The van der Waals surface area contributed by atoms with E-state index in [9.17, 15) is 0 Å². The zero-order valence-electron chi connectivity index (χ0n) is 9.96. The van der Waals surface area contributed by atoms with Crippen molar-refractivity contribution >= 4 is 22.3 Å². The first-order valence-corrected chi connectivity index (χ1v) is 6.19. The lowest BCUT2D eigenvalue weighted by molar-refractivity contribution is -0.655. The van der Waals surface area contributed by atoms with E-state index >= 15 is 0 Å². The highest BCUT2D eigenvalue weighted by Crippen LogP contribution is 2.35. The summed E-state index contributed by atoms with van der Waals surface area (Å²) in [5, 5.41) is 1.02. The van der Waals surface area contributed by atoms with Crippen LogP contribution in [0.15, 0.2) is 51.6 Å². The van der Waals surface area contributed by atoms with Crippen LogP contribution in [0, 0.1) is 0 Å². The van der Waals surface area contributed by atoms with Gasteiger partial charge in [-0.3, -0.25) is 4.98 Å². The number of rotatable bonds is 0. The van der Waals surface area contributed by atoms with E-state index in [1.54, 1.807) is 6.20 Å². The predicted octanol–water partition coefficient (Wildman–Crippen LogP) is 2.89. The number of pyridine rings is 1. The molecule has 4 heteroatoms. The van der Waals surface area contributed by atoms with Crippen LogP contribution in [0.2, 0.25) is 0 Å². The molecule has 0 saturated carbocycles. The van der Waals surface area contributed by atoms with Gasteiger partial charge in [0, 0.05) is 18.0 Å². The van der Waals surface area contributed by atoms with Crippen molar-refractivity contribution in [2.24, 2.45) is 0 Å². The van der Waals surface area contributed by atoms with Crippen LogP contribution in [0.25, 0.3) is 33.7 Å². The molecule has 0 unspecified atom stereocenters. The van der Waals surface area contributed by atoms with Gasteiger partial charge in [-0.25, -0.2) is 0 Å². The molecule has 0 radical (unpaired) electrons. The van der Waals surface area contributed by atoms with Gasteiger partial charge in [-0.1, -0.05) is 12.1 Å². The third kappa shape index (κ3) is 1.04. The van der Waals surface area contributed by atoms with Crippen LogP contribution < -0.4 is 4.57 Å². The lowest BCUT2D eigenvalue weighted by atomic mass is 10.2. The largest absolute Gasteiger partial charge is 0.422 e. The van der Waals surface area contributed by atoms with Crippen molar-refractivity contribution < 1.29 is 13.4 Å². The number of aromatic nitrogens is 2. The second-order valence-electron chi connectivity index (χ2n) is 4.76. The lowest BCUT2D eigenvalue weighted by Crippen LogP contribution is -2.30. The summed E-state index contributed by atoms with van der Waals surface area (Å²) in [6.07, 6.45) is 3.65. The van der Waals surface area contributed by atoms with Gasteiger partial charge >= 0.3 is 11.6 Å². The number of para-hydroxylation sites is 1. The van der Waals surface area contributed by atoms with Crippen LogP contribution in [-0.4, -0.2) is 4.98 Å². The zero-order chi connectivity index (χ0) is 12.4. The molecule has 0 saturated heterocycles. The van der Waals surface area contributed by atoms with Crippen LogP contribution >= 0.6 is 0 Å². The first-order chi connectivity index (χ1) is 9.42. The van der Waals surface area contributed by atoms with Crippen LogP contribution in [0.3, 0.4) is 0 Å². The molecule has 1 aliphatic rings. The molecule has 0 fully saturated rings. The number of furan rings is 1. The van der Waals surface area contributed by atoms with Crippen molar-refractivity contribution in [3.8, 4) is 11.5 Å². The van der Waals surface area contributed by atoms with Gasteiger partial charge in [0.2, 0.25) is 0 Å². The van der Waals surface area contributed by atoms with Crippen LogP contribution in [0.5, 0.6) is 0 Å². The van der Waals surface area contributed by atoms with Crippen LogP contribution in [0.4, 0.5) is 0 Å². The SMILES string of the molecule is c1ccc2c(c1)oc1c2oc2[n+]1Cc1ccncc1-2. The molecular weight excluding hydrogens is 240 g/mol. The summed E-state index contributed by atoms with van der Waals surface area (Å²) >= 11 is 0. The molecule has 0 amide bonds. The van der Waals surface area contributed by atoms with Crippen molar-refractivity contribution in [3.05, 3.63) is 48.3 Å². The Morgan fingerprint density at radius 2 is 2.05 bits per heavy atom. The van der Waals surface area contributed by atoms with Gasteiger partial charge in [0.1, 0.15) is 11.1 Å². The Morgan fingerprint density at radius 3 is 3.05 bits per heavy atom. The molecule has 19 heavy (non-hydrogen) atoms. The standard InChI is InChI=1S/C15H9N2O2/c1-2-4-12-10(3-1)13-15(18-12)17-8-9-5-6-16-7-11(9)14(17)19-13/h1-7H,8H2/q+1. The molecule has 0 spiro atoms. The van der Waals surface area contributed by atoms with Gasteiger partial charge in [-0.05, 0) is 18.2 Å². The molecule has 4 aromatic rings. The average Bonchev–Trinajstić information content (AvgIpc) is 3.07. The van der Waals surface area contributed by atoms with Gasteiger partial charge in [0.25, 0.3) is 5.58 Å². The molecule has 90 valence electrons. The summed E-state index contributed by atoms with van der Waals surface area (Å²) in [6, 6.07) is 9.96. The first-order valence-electron chi connectivity index (χ1n) is 6.19. The van der Waals surface area contributed by atoms with Gasteiger partial charge in [-0.15, -0.1) is 4.57 Å². The quantitative estimate of drug-likeness (QED) is 0.396. The Hall–Kier alpha value is -2.62. The fraction of sp³-hybridized carbons (Fsp3) is 0.0667. The van der Waals surface area contributed by atoms with Crippen LogP contribution in [-0.2, 0) is 6.54 Å². The van der Waals surface area contributed by atoms with E-state index in [4.69, 9.17) is 8.83 Å². The Bertz CT molecular complexity index is 949. The number of hydrogen-bond acceptors (Lipinski definition) is 3. The predicted molar refractivity (Wildman–Crippen MR) is 68.5 cm³/mol. The smallest absolute Gasteiger partial charge is 0.401 e. The maximum Gasteiger partial charge on any atom is 0.422 e. The van der Waals surface area contributed by atoms with E-state index in [1.165, 1.54) is 5.56 Å². The topological polar surface area (TPSA) is 43.0 Å². The van der Waals surface area contributed by atoms with Crippen molar-refractivity contribution in [3.63, 3.8) is 0 Å². The van der Waals surface area contributed by atoms with Crippen LogP contribution in [0.1, 0.15) is 5.56 Å². The van der Waals surface area contributed by atoms with Gasteiger partial charge < -0.3 is 8.83 Å². The molecule has 5 rings (SSSR count). The fourth-order valence-corrected chi connectivity index (χ4v) is 2.80. The Balaban J connectivity index is 1.93. The number of fused-ring (bicyclic) bond motifs is 7. The molecule has 4 heterocycles. The van der Waals surface area contributed by atoms with Crippen molar-refractivity contribution in [1.29, 1.82) is 0 Å². The monoisotopic (exact) mass is 249 g/mol. The summed E-state index contributed by atoms with van der Waals surface area (Å²) < 4.78 is 14.0. The summed E-state index contributed by atoms with van der Waals surface area (Å²) in [5.41, 5.74) is 4.75. The zero-order valence-corrected chi connectivity index (χ0v) is 9.96. The second kappa shape index (κ2) is 3.03. The number of oxazole rings is 1. The van der Waals surface area contributed by atoms with E-state index in [0.717, 1.165) is 40.3 Å². The summed E-state index contributed by atoms with van der Waals surface area (Å²) in [7, 11) is 0. The Labute approximate surface area is 107 Å². The fourth-order valence-electron chi connectivity index (χ4n) is 2.80. The molecule has 0 atom stereocenters. The molecule has 3 aromatic heterocycles. The molecule has 0 bridgehead atoms. The Morgan fingerprint density at radius 1 is 1.11 bits per heavy atom. The molecule has 1 aliphatic heterocycles. The minimum absolute atomic E-state index is 0.778. The van der Waals surface area contributed by atoms with Gasteiger partial charge in [0.05, 0.1) is 5.39 Å². The van der Waals surface area contributed by atoms with E-state index < -0.39 is 0 Å². The van der Waals surface area contributed by atoms with Crippen molar-refractivity contribution in [1.82, 2.24) is 4.98 Å². The molecule has 1 aromatic carbocycles. The summed E-state index contributed by atoms with van der Waals surface area (Å²) in [6.45, 7) is 0.778. The van der Waals surface area contributed by atoms with Crippen molar-refractivity contribution in [2.45, 2.75) is 6.54 Å². The van der Waals surface area contributed by atoms with Crippen molar-refractivity contribution in [2.75, 3.05) is 0 Å². The highest BCUT2D eigenvalue weighted by Gasteiger charge is 2.37. The number of nitrogens with zero attached hydrogens (tertiary/aromatic N) is 2. The van der Waals surface area contributed by atoms with Gasteiger partial charge in [-0.2, -0.15) is 0 Å². The maximum atomic E-state index is 6.02. The number of hydrogen-bond donors (Lipinski definition) is 0. The van der Waals surface area contributed by atoms with E-state index in [-0.39, 0.29) is 0 Å². The third-order valence-corrected chi connectivity index (χ3v) is 3.69. The van der Waals surface area contributed by atoms with E-state index in [2.05, 4.69) is 9.55 Å². The third-order valence-electron chi connectivity index (χ3n) is 3.69. The highest BCUT2D eigenvalue weighted by molar-refractivity contribution is 5.99. The molecular formula is C15H9N2O2+.